The summed E-state index contributed by atoms with van der Waals surface area (Å²) in [6.45, 7) is 6.26. The molecule has 0 saturated heterocycles. The Morgan fingerprint density at radius 1 is 1.04 bits per heavy atom. The number of phenols is 2. The maximum atomic E-state index is 9.89. The Balaban J connectivity index is 2.09. The summed E-state index contributed by atoms with van der Waals surface area (Å²) in [6.07, 6.45) is 3.98. The second-order valence-corrected chi connectivity index (χ2v) is 6.56. The SMILES string of the molecule is CC(C)=CCC[C@@]1(C)Oc2ccc(O)cc2-c2cc(O)ccc21. The van der Waals surface area contributed by atoms with Crippen LogP contribution < -0.4 is 4.74 Å². The van der Waals surface area contributed by atoms with Gasteiger partial charge in [-0.1, -0.05) is 17.7 Å². The molecule has 0 aromatic heterocycles. The molecule has 1 atom stereocenters. The van der Waals surface area contributed by atoms with Crippen LogP contribution in [0.1, 0.15) is 39.2 Å². The van der Waals surface area contributed by atoms with Crippen LogP contribution in [-0.4, -0.2) is 10.2 Å². The molecule has 3 nitrogen and oxygen atoms in total. The Kier molecular flexibility index (Phi) is 3.80. The van der Waals surface area contributed by atoms with Crippen LogP contribution in [0, 0.1) is 0 Å². The van der Waals surface area contributed by atoms with Gasteiger partial charge < -0.3 is 14.9 Å². The number of allylic oxidation sites excluding steroid dienone is 2. The predicted molar refractivity (Wildman–Crippen MR) is 91.9 cm³/mol. The van der Waals surface area contributed by atoms with Crippen molar-refractivity contribution in [3.8, 4) is 28.4 Å². The third-order valence-corrected chi connectivity index (χ3v) is 4.34. The molecule has 1 heterocycles. The molecule has 2 aromatic rings. The zero-order valence-corrected chi connectivity index (χ0v) is 13.8. The maximum Gasteiger partial charge on any atom is 0.132 e. The van der Waals surface area contributed by atoms with Gasteiger partial charge in [0.15, 0.2) is 0 Å². The quantitative estimate of drug-likeness (QED) is 0.774. The van der Waals surface area contributed by atoms with E-state index in [-0.39, 0.29) is 11.5 Å². The number of hydrogen-bond donors (Lipinski definition) is 2. The monoisotopic (exact) mass is 310 g/mol. The molecule has 2 N–H and O–H groups in total. The zero-order chi connectivity index (χ0) is 16.6. The molecule has 1 aliphatic rings. The number of benzene rings is 2. The molecule has 0 bridgehead atoms. The molecule has 2 aromatic carbocycles. The first-order chi connectivity index (χ1) is 10.9. The van der Waals surface area contributed by atoms with Gasteiger partial charge in [-0.3, -0.25) is 0 Å². The summed E-state index contributed by atoms with van der Waals surface area (Å²) in [5.41, 5.74) is 3.60. The Morgan fingerprint density at radius 2 is 1.70 bits per heavy atom. The first kappa shape index (κ1) is 15.5. The molecule has 0 saturated carbocycles. The molecule has 1 aliphatic heterocycles. The van der Waals surface area contributed by atoms with Gasteiger partial charge in [-0.15, -0.1) is 0 Å². The lowest BCUT2D eigenvalue weighted by molar-refractivity contribution is 0.0750. The van der Waals surface area contributed by atoms with Crippen molar-refractivity contribution in [3.05, 3.63) is 53.6 Å². The van der Waals surface area contributed by atoms with E-state index in [1.54, 1.807) is 30.3 Å². The van der Waals surface area contributed by atoms with E-state index >= 15 is 0 Å². The summed E-state index contributed by atoms with van der Waals surface area (Å²) in [7, 11) is 0. The molecule has 3 heteroatoms. The smallest absolute Gasteiger partial charge is 0.132 e. The zero-order valence-electron chi connectivity index (χ0n) is 13.8. The summed E-state index contributed by atoms with van der Waals surface area (Å²) in [5, 5.41) is 19.7. The molecule has 0 amide bonds. The normalized spacial score (nSPS) is 18.6. The standard InChI is InChI=1S/C20H22O3/c1-13(2)5-4-10-20(3)18-8-6-14(21)11-16(18)17-12-15(22)7-9-19(17)23-20/h5-9,11-12,21-22H,4,10H2,1-3H3/t20-/m1/s1. The van der Waals surface area contributed by atoms with Crippen molar-refractivity contribution in [1.82, 2.24) is 0 Å². The van der Waals surface area contributed by atoms with Crippen molar-refractivity contribution in [1.29, 1.82) is 0 Å². The molecule has 0 radical (unpaired) electrons. The van der Waals surface area contributed by atoms with Crippen molar-refractivity contribution < 1.29 is 14.9 Å². The van der Waals surface area contributed by atoms with Gasteiger partial charge in [0, 0.05) is 11.1 Å². The van der Waals surface area contributed by atoms with Crippen molar-refractivity contribution >= 4 is 0 Å². The third kappa shape index (κ3) is 2.91. The van der Waals surface area contributed by atoms with E-state index in [0.29, 0.717) is 0 Å². The topological polar surface area (TPSA) is 49.7 Å². The van der Waals surface area contributed by atoms with E-state index in [0.717, 1.165) is 35.3 Å². The third-order valence-electron chi connectivity index (χ3n) is 4.34. The average molecular weight is 310 g/mol. The Bertz CT molecular complexity index is 772. The lowest BCUT2D eigenvalue weighted by Gasteiger charge is -2.38. The fraction of sp³-hybridized carbons (Fsp3) is 0.300. The molecule has 0 fully saturated rings. The van der Waals surface area contributed by atoms with Crippen LogP contribution in [-0.2, 0) is 5.60 Å². The number of aromatic hydroxyl groups is 2. The highest BCUT2D eigenvalue weighted by molar-refractivity contribution is 5.78. The Labute approximate surface area is 136 Å². The minimum absolute atomic E-state index is 0.190. The number of hydrogen-bond acceptors (Lipinski definition) is 3. The molecule has 120 valence electrons. The molecule has 0 spiro atoms. The van der Waals surface area contributed by atoms with Gasteiger partial charge in [0.1, 0.15) is 22.8 Å². The van der Waals surface area contributed by atoms with Gasteiger partial charge in [0.2, 0.25) is 0 Å². The summed E-state index contributed by atoms with van der Waals surface area (Å²) >= 11 is 0. The van der Waals surface area contributed by atoms with Crippen LogP contribution in [0.2, 0.25) is 0 Å². The lowest BCUT2D eigenvalue weighted by atomic mass is 9.82. The highest BCUT2D eigenvalue weighted by atomic mass is 16.5. The van der Waals surface area contributed by atoms with Crippen LogP contribution in [0.3, 0.4) is 0 Å². The van der Waals surface area contributed by atoms with E-state index in [1.807, 2.05) is 6.07 Å². The van der Waals surface area contributed by atoms with Crippen molar-refractivity contribution in [2.45, 2.75) is 39.2 Å². The minimum Gasteiger partial charge on any atom is -0.508 e. The molecule has 3 rings (SSSR count). The van der Waals surface area contributed by atoms with E-state index in [2.05, 4.69) is 26.8 Å². The molecule has 0 unspecified atom stereocenters. The first-order valence-corrected chi connectivity index (χ1v) is 7.88. The second kappa shape index (κ2) is 5.65. The molecular formula is C20H22O3. The average Bonchev–Trinajstić information content (AvgIpc) is 2.48. The summed E-state index contributed by atoms with van der Waals surface area (Å²) in [4.78, 5) is 0. The fourth-order valence-electron chi connectivity index (χ4n) is 3.15. The summed E-state index contributed by atoms with van der Waals surface area (Å²) in [6, 6.07) is 10.5. The van der Waals surface area contributed by atoms with Gasteiger partial charge in [-0.2, -0.15) is 0 Å². The van der Waals surface area contributed by atoms with E-state index in [1.165, 1.54) is 5.57 Å². The van der Waals surface area contributed by atoms with E-state index in [9.17, 15) is 10.2 Å². The second-order valence-electron chi connectivity index (χ2n) is 6.56. The molecular weight excluding hydrogens is 288 g/mol. The number of ether oxygens (including phenoxy) is 1. The van der Waals surface area contributed by atoms with Crippen LogP contribution in [0.25, 0.3) is 11.1 Å². The fourth-order valence-corrected chi connectivity index (χ4v) is 3.15. The van der Waals surface area contributed by atoms with Crippen molar-refractivity contribution in [2.75, 3.05) is 0 Å². The van der Waals surface area contributed by atoms with Crippen LogP contribution in [0.5, 0.6) is 17.2 Å². The van der Waals surface area contributed by atoms with Crippen LogP contribution in [0.15, 0.2) is 48.0 Å². The number of fused-ring (bicyclic) bond motifs is 3. The summed E-state index contributed by atoms with van der Waals surface area (Å²) in [5.74, 6) is 1.14. The highest BCUT2D eigenvalue weighted by Crippen LogP contribution is 2.48. The summed E-state index contributed by atoms with van der Waals surface area (Å²) < 4.78 is 6.30. The molecule has 0 aliphatic carbocycles. The number of phenolic OH excluding ortho intramolecular Hbond substituents is 2. The number of rotatable bonds is 3. The van der Waals surface area contributed by atoms with Crippen molar-refractivity contribution in [2.24, 2.45) is 0 Å². The van der Waals surface area contributed by atoms with Crippen molar-refractivity contribution in [3.63, 3.8) is 0 Å². The van der Waals surface area contributed by atoms with Gasteiger partial charge >= 0.3 is 0 Å². The highest BCUT2D eigenvalue weighted by Gasteiger charge is 2.36. The van der Waals surface area contributed by atoms with Gasteiger partial charge in [0.05, 0.1) is 0 Å². The maximum absolute atomic E-state index is 9.89. The Morgan fingerprint density at radius 3 is 2.39 bits per heavy atom. The van der Waals surface area contributed by atoms with Crippen LogP contribution in [0.4, 0.5) is 0 Å². The van der Waals surface area contributed by atoms with Gasteiger partial charge in [-0.25, -0.2) is 0 Å². The molecule has 23 heavy (non-hydrogen) atoms. The van der Waals surface area contributed by atoms with E-state index in [4.69, 9.17) is 4.74 Å². The first-order valence-electron chi connectivity index (χ1n) is 7.88. The largest absolute Gasteiger partial charge is 0.508 e. The van der Waals surface area contributed by atoms with Gasteiger partial charge in [0.25, 0.3) is 0 Å². The Hall–Kier alpha value is -2.42. The lowest BCUT2D eigenvalue weighted by Crippen LogP contribution is -2.32. The van der Waals surface area contributed by atoms with Crippen LogP contribution >= 0.6 is 0 Å². The van der Waals surface area contributed by atoms with Gasteiger partial charge in [-0.05, 0) is 69.5 Å². The predicted octanol–water partition coefficient (Wildman–Crippen LogP) is 5.12. The van der Waals surface area contributed by atoms with E-state index < -0.39 is 5.60 Å². The minimum atomic E-state index is -0.459.